The Hall–Kier alpha value is -3.15. The Morgan fingerprint density at radius 3 is 2.29 bits per heavy atom. The Morgan fingerprint density at radius 2 is 1.62 bits per heavy atom. The number of carbonyl (C=O) groups excluding carboxylic acids is 1. The van der Waals surface area contributed by atoms with E-state index in [9.17, 15) is 18.0 Å². The van der Waals surface area contributed by atoms with Gasteiger partial charge in [-0.05, 0) is 47.7 Å². The van der Waals surface area contributed by atoms with Gasteiger partial charge in [0.05, 0.1) is 11.3 Å². The summed E-state index contributed by atoms with van der Waals surface area (Å²) in [6.45, 7) is 0. The highest BCUT2D eigenvalue weighted by Gasteiger charge is 2.40. The zero-order valence-corrected chi connectivity index (χ0v) is 19.0. The quantitative estimate of drug-likeness (QED) is 0.403. The maximum absolute atomic E-state index is 13.6. The number of nitrogens with one attached hydrogen (secondary N) is 1. The number of halogens is 3. The molecule has 1 aromatic heterocycles. The fourth-order valence-corrected chi connectivity index (χ4v) is 4.93. The molecule has 3 aromatic rings. The molecule has 1 N–H and O–H groups in total. The molecule has 1 saturated carbocycles. The second-order valence-electron chi connectivity index (χ2n) is 9.10. The van der Waals surface area contributed by atoms with Gasteiger partial charge >= 0.3 is 6.18 Å². The molecule has 1 unspecified atom stereocenters. The van der Waals surface area contributed by atoms with E-state index in [0.717, 1.165) is 37.0 Å². The summed E-state index contributed by atoms with van der Waals surface area (Å²) in [5.74, 6) is 0.364. The van der Waals surface area contributed by atoms with Crippen LogP contribution in [-0.2, 0) is 22.9 Å². The minimum atomic E-state index is -4.49. The van der Waals surface area contributed by atoms with Crippen molar-refractivity contribution >= 4 is 5.91 Å². The molecule has 0 aliphatic heterocycles. The summed E-state index contributed by atoms with van der Waals surface area (Å²) in [5, 5.41) is 3.15. The predicted molar refractivity (Wildman–Crippen MR) is 126 cm³/mol. The Balaban J connectivity index is 1.77. The molecule has 1 fully saturated rings. The van der Waals surface area contributed by atoms with E-state index in [2.05, 4.69) is 10.3 Å². The number of hydrogen-bond acceptors (Lipinski definition) is 2. The van der Waals surface area contributed by atoms with Crippen LogP contribution in [0.25, 0.3) is 0 Å². The summed E-state index contributed by atoms with van der Waals surface area (Å²) in [7, 11) is 0. The minimum absolute atomic E-state index is 0.175. The van der Waals surface area contributed by atoms with E-state index in [-0.39, 0.29) is 12.3 Å². The molecule has 0 radical (unpaired) electrons. The third-order valence-corrected chi connectivity index (χ3v) is 6.70. The van der Waals surface area contributed by atoms with E-state index in [0.29, 0.717) is 23.6 Å². The van der Waals surface area contributed by atoms with Crippen LogP contribution in [0.3, 0.4) is 0 Å². The lowest BCUT2D eigenvalue weighted by Gasteiger charge is -2.36. The van der Waals surface area contributed by atoms with Crippen LogP contribution in [0, 0.1) is 5.92 Å². The third kappa shape index (κ3) is 5.66. The second kappa shape index (κ2) is 10.4. The Labute approximate surface area is 198 Å². The van der Waals surface area contributed by atoms with E-state index in [1.165, 1.54) is 18.9 Å². The van der Waals surface area contributed by atoms with Crippen molar-refractivity contribution in [2.75, 3.05) is 0 Å². The van der Waals surface area contributed by atoms with Gasteiger partial charge in [-0.3, -0.25) is 9.78 Å². The molecule has 1 aliphatic rings. The van der Waals surface area contributed by atoms with Gasteiger partial charge in [-0.25, -0.2) is 0 Å². The predicted octanol–water partition coefficient (Wildman–Crippen LogP) is 6.67. The molecule has 34 heavy (non-hydrogen) atoms. The van der Waals surface area contributed by atoms with Crippen LogP contribution in [0.5, 0.6) is 0 Å². The Bertz CT molecular complexity index is 1080. The van der Waals surface area contributed by atoms with Crippen LogP contribution in [0.4, 0.5) is 13.2 Å². The van der Waals surface area contributed by atoms with Crippen molar-refractivity contribution in [3.05, 3.63) is 101 Å². The SMILES string of the molecule is O=C(CCC1CCCC1)NC(Cc1ccccc1)(c1cccc(C(F)(F)F)c1)c1ccccn1. The average Bonchev–Trinajstić information content (AvgIpc) is 3.37. The number of carbonyl (C=O) groups is 1. The van der Waals surface area contributed by atoms with Gasteiger partial charge in [-0.15, -0.1) is 0 Å². The molecule has 0 bridgehead atoms. The summed E-state index contributed by atoms with van der Waals surface area (Å²) >= 11 is 0. The maximum Gasteiger partial charge on any atom is 0.416 e. The standard InChI is InChI=1S/C28H29F3N2O/c29-28(30,31)24-14-8-13-23(19-24)27(25-15-6-7-18-32-25,20-22-11-2-1-3-12-22)33-26(34)17-16-21-9-4-5-10-21/h1-3,6-8,11-15,18-19,21H,4-5,9-10,16-17,20H2,(H,33,34). The number of amides is 1. The Kier molecular flexibility index (Phi) is 7.35. The molecule has 2 aromatic carbocycles. The third-order valence-electron chi connectivity index (χ3n) is 6.70. The number of pyridine rings is 1. The first kappa shape index (κ1) is 24.0. The Morgan fingerprint density at radius 1 is 0.912 bits per heavy atom. The lowest BCUT2D eigenvalue weighted by atomic mass is 9.79. The number of alkyl halides is 3. The molecule has 0 spiro atoms. The van der Waals surface area contributed by atoms with Gasteiger partial charge in [0.15, 0.2) is 0 Å². The fraction of sp³-hybridized carbons (Fsp3) is 0.357. The normalized spacial score (nSPS) is 16.2. The van der Waals surface area contributed by atoms with E-state index in [1.54, 1.807) is 30.5 Å². The van der Waals surface area contributed by atoms with Crippen LogP contribution in [0.2, 0.25) is 0 Å². The number of benzene rings is 2. The van der Waals surface area contributed by atoms with Crippen molar-refractivity contribution in [3.63, 3.8) is 0 Å². The molecule has 6 heteroatoms. The highest BCUT2D eigenvalue weighted by molar-refractivity contribution is 5.78. The largest absolute Gasteiger partial charge is 0.416 e. The van der Waals surface area contributed by atoms with Crippen molar-refractivity contribution in [3.8, 4) is 0 Å². The molecule has 1 amide bonds. The van der Waals surface area contributed by atoms with Crippen molar-refractivity contribution in [2.24, 2.45) is 5.92 Å². The first-order chi connectivity index (χ1) is 16.4. The van der Waals surface area contributed by atoms with Crippen molar-refractivity contribution in [1.29, 1.82) is 0 Å². The zero-order valence-electron chi connectivity index (χ0n) is 19.0. The van der Waals surface area contributed by atoms with Crippen LogP contribution in [0.1, 0.15) is 60.9 Å². The number of nitrogens with zero attached hydrogens (tertiary/aromatic N) is 1. The van der Waals surface area contributed by atoms with Crippen LogP contribution >= 0.6 is 0 Å². The molecule has 3 nitrogen and oxygen atoms in total. The van der Waals surface area contributed by atoms with Crippen LogP contribution in [0.15, 0.2) is 79.0 Å². The maximum atomic E-state index is 13.6. The first-order valence-electron chi connectivity index (χ1n) is 11.8. The summed E-state index contributed by atoms with van der Waals surface area (Å²) in [6, 6.07) is 20.0. The van der Waals surface area contributed by atoms with Crippen molar-refractivity contribution in [2.45, 2.75) is 56.7 Å². The smallest absolute Gasteiger partial charge is 0.341 e. The van der Waals surface area contributed by atoms with Gasteiger partial charge in [0.25, 0.3) is 0 Å². The van der Waals surface area contributed by atoms with Crippen molar-refractivity contribution in [1.82, 2.24) is 10.3 Å². The first-order valence-corrected chi connectivity index (χ1v) is 11.8. The zero-order chi connectivity index (χ0) is 24.0. The lowest BCUT2D eigenvalue weighted by molar-refractivity contribution is -0.137. The summed E-state index contributed by atoms with van der Waals surface area (Å²) in [5.41, 5.74) is -0.233. The number of aromatic nitrogens is 1. The molecule has 1 heterocycles. The fourth-order valence-electron chi connectivity index (χ4n) is 4.93. The van der Waals surface area contributed by atoms with Gasteiger partial charge in [0.1, 0.15) is 5.54 Å². The average molecular weight is 467 g/mol. The number of hydrogen-bond donors (Lipinski definition) is 1. The van der Waals surface area contributed by atoms with E-state index in [1.807, 2.05) is 30.3 Å². The highest BCUT2D eigenvalue weighted by Crippen LogP contribution is 2.37. The van der Waals surface area contributed by atoms with E-state index < -0.39 is 17.3 Å². The van der Waals surface area contributed by atoms with Gasteiger partial charge in [0, 0.05) is 19.0 Å². The van der Waals surface area contributed by atoms with Gasteiger partial charge in [0.2, 0.25) is 5.91 Å². The summed E-state index contributed by atoms with van der Waals surface area (Å²) < 4.78 is 40.9. The van der Waals surface area contributed by atoms with Crippen molar-refractivity contribution < 1.29 is 18.0 Å². The van der Waals surface area contributed by atoms with E-state index >= 15 is 0 Å². The monoisotopic (exact) mass is 466 g/mol. The molecular weight excluding hydrogens is 437 g/mol. The van der Waals surface area contributed by atoms with Crippen LogP contribution in [-0.4, -0.2) is 10.9 Å². The molecular formula is C28H29F3N2O. The minimum Gasteiger partial charge on any atom is -0.341 e. The second-order valence-corrected chi connectivity index (χ2v) is 9.10. The topological polar surface area (TPSA) is 42.0 Å². The molecule has 0 saturated heterocycles. The van der Waals surface area contributed by atoms with Gasteiger partial charge < -0.3 is 5.32 Å². The summed E-state index contributed by atoms with van der Waals surface area (Å²) in [6.07, 6.45) is 3.18. The lowest BCUT2D eigenvalue weighted by Crippen LogP contribution is -2.49. The molecule has 4 rings (SSSR count). The highest BCUT2D eigenvalue weighted by atomic mass is 19.4. The molecule has 178 valence electrons. The number of rotatable bonds is 8. The van der Waals surface area contributed by atoms with Gasteiger partial charge in [-0.2, -0.15) is 13.2 Å². The summed E-state index contributed by atoms with van der Waals surface area (Å²) in [4.78, 5) is 17.8. The molecule has 1 atom stereocenters. The van der Waals surface area contributed by atoms with E-state index in [4.69, 9.17) is 0 Å². The van der Waals surface area contributed by atoms with Gasteiger partial charge in [-0.1, -0.05) is 74.2 Å². The molecule has 1 aliphatic carbocycles. The van der Waals surface area contributed by atoms with Crippen LogP contribution < -0.4 is 5.32 Å².